The van der Waals surface area contributed by atoms with Crippen LogP contribution < -0.4 is 0 Å². The van der Waals surface area contributed by atoms with E-state index in [1.807, 2.05) is 22.6 Å². The summed E-state index contributed by atoms with van der Waals surface area (Å²) in [5, 5.41) is 8.77. The van der Waals surface area contributed by atoms with E-state index in [-0.39, 0.29) is 17.9 Å². The Bertz CT molecular complexity index is 292. The monoisotopic (exact) mass is 282 g/mol. The van der Waals surface area contributed by atoms with Gasteiger partial charge < -0.3 is 14.3 Å². The van der Waals surface area contributed by atoms with Gasteiger partial charge in [-0.05, 0) is 22.6 Å². The number of hydrogen-bond acceptors (Lipinski definition) is 4. The van der Waals surface area contributed by atoms with E-state index in [0.717, 1.165) is 0 Å². The fourth-order valence-corrected chi connectivity index (χ4v) is 1.37. The highest BCUT2D eigenvalue weighted by atomic mass is 127. The molecular weight excluding hydrogens is 275 g/mol. The van der Waals surface area contributed by atoms with Crippen molar-refractivity contribution in [1.82, 2.24) is 0 Å². The highest BCUT2D eigenvalue weighted by Crippen LogP contribution is 2.17. The van der Waals surface area contributed by atoms with Gasteiger partial charge in [-0.1, -0.05) is 0 Å². The van der Waals surface area contributed by atoms with E-state index in [0.29, 0.717) is 3.77 Å². The maximum atomic E-state index is 11.0. The minimum absolute atomic E-state index is 0.242. The van der Waals surface area contributed by atoms with Crippen LogP contribution in [0.4, 0.5) is 0 Å². The molecule has 0 aliphatic heterocycles. The molecule has 1 rings (SSSR count). The Kier molecular flexibility index (Phi) is 3.10. The summed E-state index contributed by atoms with van der Waals surface area (Å²) in [5.74, 6) is -0.253. The van der Waals surface area contributed by atoms with Gasteiger partial charge in [0.15, 0.2) is 3.77 Å². The third-order valence-corrected chi connectivity index (χ3v) is 1.86. The molecule has 0 unspecified atom stereocenters. The van der Waals surface area contributed by atoms with E-state index in [1.54, 1.807) is 0 Å². The quantitative estimate of drug-likeness (QED) is 0.653. The molecule has 1 N–H and O–H groups in total. The average molecular weight is 282 g/mol. The van der Waals surface area contributed by atoms with E-state index < -0.39 is 5.97 Å². The molecule has 1 heterocycles. The van der Waals surface area contributed by atoms with Crippen LogP contribution in [0.2, 0.25) is 0 Å². The van der Waals surface area contributed by atoms with Crippen LogP contribution in [-0.4, -0.2) is 18.2 Å². The Balaban J connectivity index is 3.04. The molecule has 0 aliphatic carbocycles. The zero-order valence-electron chi connectivity index (χ0n) is 6.33. The minimum atomic E-state index is -0.495. The van der Waals surface area contributed by atoms with Gasteiger partial charge in [0.1, 0.15) is 17.9 Å². The van der Waals surface area contributed by atoms with Crippen LogP contribution in [0.15, 0.2) is 10.5 Å². The number of rotatable bonds is 2. The van der Waals surface area contributed by atoms with Gasteiger partial charge >= 0.3 is 5.97 Å². The van der Waals surface area contributed by atoms with E-state index in [4.69, 9.17) is 9.52 Å². The van der Waals surface area contributed by atoms with E-state index >= 15 is 0 Å². The first kappa shape index (κ1) is 9.53. The van der Waals surface area contributed by atoms with Crippen molar-refractivity contribution in [2.75, 3.05) is 7.11 Å². The normalized spacial score (nSPS) is 9.92. The molecule has 0 spiro atoms. The largest absolute Gasteiger partial charge is 0.465 e. The van der Waals surface area contributed by atoms with Gasteiger partial charge in [0, 0.05) is 6.07 Å². The van der Waals surface area contributed by atoms with Crippen LogP contribution in [0.25, 0.3) is 0 Å². The summed E-state index contributed by atoms with van der Waals surface area (Å²) in [6, 6.07) is 1.53. The van der Waals surface area contributed by atoms with Crippen LogP contribution in [0, 0.1) is 3.77 Å². The van der Waals surface area contributed by atoms with Gasteiger partial charge in [-0.25, -0.2) is 4.79 Å². The van der Waals surface area contributed by atoms with Crippen molar-refractivity contribution < 1.29 is 19.1 Å². The Morgan fingerprint density at radius 2 is 2.50 bits per heavy atom. The fraction of sp³-hybridized carbons (Fsp3) is 0.286. The van der Waals surface area contributed by atoms with Crippen LogP contribution in [-0.2, 0) is 11.3 Å². The Morgan fingerprint density at radius 1 is 1.83 bits per heavy atom. The maximum Gasteiger partial charge on any atom is 0.341 e. The number of ether oxygens (including phenoxy) is 1. The van der Waals surface area contributed by atoms with Gasteiger partial charge in [-0.15, -0.1) is 0 Å². The molecule has 12 heavy (non-hydrogen) atoms. The molecule has 0 fully saturated rings. The van der Waals surface area contributed by atoms with Crippen molar-refractivity contribution >= 4 is 28.6 Å². The summed E-state index contributed by atoms with van der Waals surface area (Å²) in [6.07, 6.45) is 0. The molecular formula is C7H7IO4. The summed E-state index contributed by atoms with van der Waals surface area (Å²) in [6.45, 7) is -0.298. The number of halogens is 1. The summed E-state index contributed by atoms with van der Waals surface area (Å²) in [7, 11) is 1.28. The second-order valence-corrected chi connectivity index (χ2v) is 3.10. The lowest BCUT2D eigenvalue weighted by molar-refractivity contribution is 0.0594. The number of esters is 1. The molecule has 0 aliphatic rings. The highest BCUT2D eigenvalue weighted by molar-refractivity contribution is 14.1. The Hall–Kier alpha value is -0.560. The fourth-order valence-electron chi connectivity index (χ4n) is 0.796. The van der Waals surface area contributed by atoms with Crippen molar-refractivity contribution in [3.05, 3.63) is 21.2 Å². The number of carbonyl (C=O) groups is 1. The number of furan rings is 1. The van der Waals surface area contributed by atoms with E-state index in [1.165, 1.54) is 13.2 Å². The lowest BCUT2D eigenvalue weighted by Gasteiger charge is -1.95. The number of methoxy groups -OCH3 is 1. The van der Waals surface area contributed by atoms with Crippen LogP contribution in [0.3, 0.4) is 0 Å². The van der Waals surface area contributed by atoms with Crippen molar-refractivity contribution in [3.63, 3.8) is 0 Å². The lowest BCUT2D eigenvalue weighted by Crippen LogP contribution is -2.02. The Labute approximate surface area is 82.7 Å². The second kappa shape index (κ2) is 3.90. The molecule has 1 aromatic rings. The SMILES string of the molecule is COC(=O)c1cc(I)oc1CO. The second-order valence-electron chi connectivity index (χ2n) is 2.04. The first-order valence-corrected chi connectivity index (χ1v) is 4.24. The summed E-state index contributed by atoms with van der Waals surface area (Å²) in [5.41, 5.74) is 0.282. The maximum absolute atomic E-state index is 11.0. The number of hydrogen-bond donors (Lipinski definition) is 1. The first-order chi connectivity index (χ1) is 5.69. The van der Waals surface area contributed by atoms with Crippen molar-refractivity contribution in [2.24, 2.45) is 0 Å². The lowest BCUT2D eigenvalue weighted by atomic mass is 10.2. The highest BCUT2D eigenvalue weighted by Gasteiger charge is 2.16. The van der Waals surface area contributed by atoms with E-state index in [2.05, 4.69) is 4.74 Å². The standard InChI is InChI=1S/C7H7IO4/c1-11-7(10)4-2-6(8)12-5(4)3-9/h2,9H,3H2,1H3. The molecule has 1 aromatic heterocycles. The minimum Gasteiger partial charge on any atom is -0.465 e. The third kappa shape index (κ3) is 1.78. The molecule has 0 radical (unpaired) electrons. The van der Waals surface area contributed by atoms with Crippen LogP contribution >= 0.6 is 22.6 Å². The number of aliphatic hydroxyl groups is 1. The summed E-state index contributed by atoms with van der Waals surface area (Å²) in [4.78, 5) is 11.0. The molecule has 0 amide bonds. The predicted molar refractivity (Wildman–Crippen MR) is 48.7 cm³/mol. The van der Waals surface area contributed by atoms with Gasteiger partial charge in [-0.3, -0.25) is 0 Å². The third-order valence-electron chi connectivity index (χ3n) is 1.33. The molecule has 5 heteroatoms. The van der Waals surface area contributed by atoms with Gasteiger partial charge in [-0.2, -0.15) is 0 Å². The van der Waals surface area contributed by atoms with E-state index in [9.17, 15) is 4.79 Å². The van der Waals surface area contributed by atoms with Crippen LogP contribution in [0.1, 0.15) is 16.1 Å². The van der Waals surface area contributed by atoms with Gasteiger partial charge in [0.2, 0.25) is 0 Å². The Morgan fingerprint density at radius 3 is 3.00 bits per heavy atom. The smallest absolute Gasteiger partial charge is 0.341 e. The topological polar surface area (TPSA) is 59.7 Å². The molecule has 0 saturated carbocycles. The molecule has 0 saturated heterocycles. The van der Waals surface area contributed by atoms with Crippen molar-refractivity contribution in [1.29, 1.82) is 0 Å². The molecule has 4 nitrogen and oxygen atoms in total. The zero-order chi connectivity index (χ0) is 9.14. The van der Waals surface area contributed by atoms with Gasteiger partial charge in [0.05, 0.1) is 7.11 Å². The van der Waals surface area contributed by atoms with Crippen molar-refractivity contribution in [2.45, 2.75) is 6.61 Å². The number of carbonyl (C=O) groups excluding carboxylic acids is 1. The summed E-state index contributed by atoms with van der Waals surface area (Å²) < 4.78 is 10.1. The predicted octanol–water partition coefficient (Wildman–Crippen LogP) is 1.16. The molecule has 0 aromatic carbocycles. The van der Waals surface area contributed by atoms with Crippen LogP contribution in [0.5, 0.6) is 0 Å². The van der Waals surface area contributed by atoms with Gasteiger partial charge in [0.25, 0.3) is 0 Å². The first-order valence-electron chi connectivity index (χ1n) is 3.16. The molecule has 66 valence electrons. The zero-order valence-corrected chi connectivity index (χ0v) is 8.49. The van der Waals surface area contributed by atoms with Crippen molar-refractivity contribution in [3.8, 4) is 0 Å². The summed E-state index contributed by atoms with van der Waals surface area (Å²) >= 11 is 1.91. The molecule has 0 atom stereocenters. The molecule has 0 bridgehead atoms. The average Bonchev–Trinajstić information content (AvgIpc) is 2.45. The number of aliphatic hydroxyl groups excluding tert-OH is 1.